The third-order valence-electron chi connectivity index (χ3n) is 3.14. The van der Waals surface area contributed by atoms with Crippen molar-refractivity contribution in [3.63, 3.8) is 0 Å². The van der Waals surface area contributed by atoms with Gasteiger partial charge in [-0.3, -0.25) is 4.79 Å². The molecule has 0 aliphatic rings. The highest BCUT2D eigenvalue weighted by Gasteiger charge is 2.12. The normalized spacial score (nSPS) is 11.8. The molecule has 0 aliphatic carbocycles. The number of nitrogens with one attached hydrogen (secondary N) is 1. The largest absolute Gasteiger partial charge is 0.497 e. The van der Waals surface area contributed by atoms with Crippen LogP contribution in [0, 0.1) is 5.92 Å². The first-order valence-corrected chi connectivity index (χ1v) is 6.84. The van der Waals surface area contributed by atoms with E-state index in [1.54, 1.807) is 25.3 Å². The summed E-state index contributed by atoms with van der Waals surface area (Å²) in [6.45, 7) is 10.0. The van der Waals surface area contributed by atoms with Crippen LogP contribution in [-0.2, 0) is 0 Å². The van der Waals surface area contributed by atoms with Crippen molar-refractivity contribution in [2.45, 2.75) is 27.2 Å². The monoisotopic (exact) mass is 273 g/mol. The third-order valence-corrected chi connectivity index (χ3v) is 3.14. The molecule has 0 saturated heterocycles. The molecule has 1 aromatic rings. The summed E-state index contributed by atoms with van der Waals surface area (Å²) in [7, 11) is 1.59. The van der Waals surface area contributed by atoms with E-state index < -0.39 is 0 Å². The summed E-state index contributed by atoms with van der Waals surface area (Å²) < 4.78 is 5.13. The summed E-state index contributed by atoms with van der Waals surface area (Å²) in [5.74, 6) is 0.876. The van der Waals surface area contributed by atoms with Gasteiger partial charge in [0.1, 0.15) is 5.75 Å². The van der Waals surface area contributed by atoms with Gasteiger partial charge in [-0.1, -0.05) is 39.5 Å². The highest BCUT2D eigenvalue weighted by Crippen LogP contribution is 2.18. The molecule has 20 heavy (non-hydrogen) atoms. The fourth-order valence-electron chi connectivity index (χ4n) is 2.05. The maximum Gasteiger partial charge on any atom is 0.255 e. The number of rotatable bonds is 6. The molecule has 0 aromatic heterocycles. The first kappa shape index (κ1) is 16.0. The Balaban J connectivity index is 3.00. The number of amides is 1. The summed E-state index contributed by atoms with van der Waals surface area (Å²) in [5, 5.41) is 2.98. The second-order valence-electron chi connectivity index (χ2n) is 4.83. The summed E-state index contributed by atoms with van der Waals surface area (Å²) in [5.41, 5.74) is 2.58. The van der Waals surface area contributed by atoms with Crippen LogP contribution in [0.1, 0.15) is 37.6 Å². The van der Waals surface area contributed by atoms with E-state index in [0.29, 0.717) is 17.2 Å². The van der Waals surface area contributed by atoms with Crippen molar-refractivity contribution < 1.29 is 9.53 Å². The highest BCUT2D eigenvalue weighted by molar-refractivity contribution is 5.95. The molecule has 0 heterocycles. The highest BCUT2D eigenvalue weighted by atomic mass is 16.5. The smallest absolute Gasteiger partial charge is 0.255 e. The summed E-state index contributed by atoms with van der Waals surface area (Å²) in [4.78, 5) is 12.3. The van der Waals surface area contributed by atoms with Crippen LogP contribution in [0.15, 0.2) is 48.2 Å². The predicted octanol–water partition coefficient (Wildman–Crippen LogP) is 3.93. The molecule has 1 N–H and O–H groups in total. The average Bonchev–Trinajstić information content (AvgIpc) is 2.46. The van der Waals surface area contributed by atoms with E-state index in [4.69, 9.17) is 4.74 Å². The molecule has 0 aliphatic heterocycles. The molecule has 0 spiro atoms. The van der Waals surface area contributed by atoms with Gasteiger partial charge in [0, 0.05) is 11.3 Å². The Morgan fingerprint density at radius 2 is 2.15 bits per heavy atom. The van der Waals surface area contributed by atoms with E-state index in [-0.39, 0.29) is 5.91 Å². The molecule has 108 valence electrons. The minimum absolute atomic E-state index is 0.124. The van der Waals surface area contributed by atoms with E-state index in [2.05, 4.69) is 25.7 Å². The first-order valence-electron chi connectivity index (χ1n) is 6.84. The number of hydrogen-bond acceptors (Lipinski definition) is 2. The zero-order valence-corrected chi connectivity index (χ0v) is 12.7. The van der Waals surface area contributed by atoms with Gasteiger partial charge in [-0.05, 0) is 36.1 Å². The lowest BCUT2D eigenvalue weighted by molar-refractivity contribution is 0.0964. The topological polar surface area (TPSA) is 38.3 Å². The Morgan fingerprint density at radius 3 is 2.65 bits per heavy atom. The van der Waals surface area contributed by atoms with Crippen LogP contribution in [0.5, 0.6) is 5.75 Å². The van der Waals surface area contributed by atoms with Gasteiger partial charge in [-0.2, -0.15) is 0 Å². The number of ether oxygens (including phenoxy) is 1. The Hall–Kier alpha value is -2.03. The lowest BCUT2D eigenvalue weighted by Crippen LogP contribution is -2.24. The minimum Gasteiger partial charge on any atom is -0.497 e. The molecule has 1 amide bonds. The summed E-state index contributed by atoms with van der Waals surface area (Å²) >= 11 is 0. The fourth-order valence-corrected chi connectivity index (χ4v) is 2.05. The number of benzene rings is 1. The molecule has 3 heteroatoms. The van der Waals surface area contributed by atoms with Crippen molar-refractivity contribution in [1.82, 2.24) is 5.32 Å². The zero-order valence-electron chi connectivity index (χ0n) is 12.7. The van der Waals surface area contributed by atoms with Crippen LogP contribution in [-0.4, -0.2) is 13.0 Å². The van der Waals surface area contributed by atoms with E-state index in [9.17, 15) is 4.79 Å². The molecule has 0 radical (unpaired) electrons. The van der Waals surface area contributed by atoms with Crippen LogP contribution < -0.4 is 10.1 Å². The molecule has 0 fully saturated rings. The van der Waals surface area contributed by atoms with Crippen molar-refractivity contribution in [2.24, 2.45) is 5.92 Å². The Morgan fingerprint density at radius 1 is 1.45 bits per heavy atom. The van der Waals surface area contributed by atoms with Crippen LogP contribution in [0.3, 0.4) is 0 Å². The lowest BCUT2D eigenvalue weighted by atomic mass is 9.99. The Bertz CT molecular complexity index is 515. The van der Waals surface area contributed by atoms with E-state index in [1.807, 2.05) is 19.1 Å². The number of carbonyl (C=O) groups is 1. The number of methoxy groups -OCH3 is 1. The number of allylic oxidation sites excluding steroid dienone is 3. The molecule has 0 saturated carbocycles. The molecular weight excluding hydrogens is 250 g/mol. The maximum atomic E-state index is 12.3. The maximum absolute atomic E-state index is 12.3. The van der Waals surface area contributed by atoms with Crippen LogP contribution in [0.4, 0.5) is 0 Å². The second kappa shape index (κ2) is 7.53. The van der Waals surface area contributed by atoms with Crippen LogP contribution in [0.2, 0.25) is 0 Å². The summed E-state index contributed by atoms with van der Waals surface area (Å²) in [6, 6.07) is 7.12. The van der Waals surface area contributed by atoms with E-state index >= 15 is 0 Å². The van der Waals surface area contributed by atoms with Crippen molar-refractivity contribution in [2.75, 3.05) is 7.11 Å². The van der Waals surface area contributed by atoms with Crippen LogP contribution >= 0.6 is 0 Å². The summed E-state index contributed by atoms with van der Waals surface area (Å²) in [6.07, 6.45) is 2.57. The fraction of sp³-hybridized carbons (Fsp3) is 0.353. The molecule has 1 aromatic carbocycles. The average molecular weight is 273 g/mol. The SMILES string of the molecule is C=C/C(=C(\CC)NC(=O)c1cccc(OC)c1)C(C)C. The van der Waals surface area contributed by atoms with E-state index in [0.717, 1.165) is 17.7 Å². The molecule has 0 bridgehead atoms. The van der Waals surface area contributed by atoms with Gasteiger partial charge in [-0.15, -0.1) is 0 Å². The molecular formula is C17H23NO2. The quantitative estimate of drug-likeness (QED) is 0.797. The van der Waals surface area contributed by atoms with Gasteiger partial charge >= 0.3 is 0 Å². The van der Waals surface area contributed by atoms with Crippen LogP contribution in [0.25, 0.3) is 0 Å². The number of hydrogen-bond donors (Lipinski definition) is 1. The molecule has 1 rings (SSSR count). The van der Waals surface area contributed by atoms with Gasteiger partial charge in [-0.25, -0.2) is 0 Å². The first-order chi connectivity index (χ1) is 9.53. The molecule has 3 nitrogen and oxygen atoms in total. The molecule has 0 atom stereocenters. The Kier molecular flexibility index (Phi) is 6.04. The predicted molar refractivity (Wildman–Crippen MR) is 82.8 cm³/mol. The van der Waals surface area contributed by atoms with Gasteiger partial charge in [0.25, 0.3) is 5.91 Å². The standard InChI is InChI=1S/C17H23NO2/c1-6-15(12(3)4)16(7-2)18-17(19)13-9-8-10-14(11-13)20-5/h6,8-12H,1,7H2,2-5H3,(H,18,19)/b16-15-. The van der Waals surface area contributed by atoms with Gasteiger partial charge in [0.2, 0.25) is 0 Å². The molecule has 0 unspecified atom stereocenters. The second-order valence-corrected chi connectivity index (χ2v) is 4.83. The Labute approximate surface area is 121 Å². The zero-order chi connectivity index (χ0) is 15.1. The van der Waals surface area contributed by atoms with Gasteiger partial charge in [0.15, 0.2) is 0 Å². The van der Waals surface area contributed by atoms with Crippen molar-refractivity contribution in [3.05, 3.63) is 53.8 Å². The number of carbonyl (C=O) groups excluding carboxylic acids is 1. The lowest BCUT2D eigenvalue weighted by Gasteiger charge is -2.15. The van der Waals surface area contributed by atoms with Crippen molar-refractivity contribution in [1.29, 1.82) is 0 Å². The third kappa shape index (κ3) is 3.98. The van der Waals surface area contributed by atoms with E-state index in [1.165, 1.54) is 0 Å². The van der Waals surface area contributed by atoms with Crippen molar-refractivity contribution in [3.8, 4) is 5.75 Å². The minimum atomic E-state index is -0.124. The van der Waals surface area contributed by atoms with Gasteiger partial charge in [0.05, 0.1) is 7.11 Å². The van der Waals surface area contributed by atoms with Crippen molar-refractivity contribution >= 4 is 5.91 Å². The van der Waals surface area contributed by atoms with Gasteiger partial charge < -0.3 is 10.1 Å².